The molecule has 6 nitrogen and oxygen atoms in total. The molecule has 0 aromatic carbocycles. The number of carbonyl (C=O) groups is 1. The molecule has 0 radical (unpaired) electrons. The van der Waals surface area contributed by atoms with Crippen LogP contribution in [0.25, 0.3) is 0 Å². The molecule has 0 aliphatic carbocycles. The van der Waals surface area contributed by atoms with E-state index in [1.165, 1.54) is 13.1 Å². The Kier molecular flexibility index (Phi) is 4.48. The normalized spacial score (nSPS) is 24.7. The highest BCUT2D eigenvalue weighted by Crippen LogP contribution is 2.29. The summed E-state index contributed by atoms with van der Waals surface area (Å²) in [5, 5.41) is 12.4. The maximum absolute atomic E-state index is 13.3. The Morgan fingerprint density at radius 2 is 2.38 bits per heavy atom. The SMILES string of the molecule is C[C@@H]1OC(F)(F)CN(C(=O)O)C1CNc1ccc(Cl)cn1. The summed E-state index contributed by atoms with van der Waals surface area (Å²) in [5.74, 6) is 0.467. The fraction of sp³-hybridized carbons (Fsp3) is 0.500. The van der Waals surface area contributed by atoms with Crippen molar-refractivity contribution in [2.24, 2.45) is 0 Å². The van der Waals surface area contributed by atoms with Gasteiger partial charge in [0, 0.05) is 12.7 Å². The molecule has 1 aliphatic rings. The number of nitrogens with one attached hydrogen (secondary N) is 1. The van der Waals surface area contributed by atoms with Crippen molar-refractivity contribution >= 4 is 23.5 Å². The first-order valence-corrected chi connectivity index (χ1v) is 6.57. The Labute approximate surface area is 124 Å². The maximum atomic E-state index is 13.3. The van der Waals surface area contributed by atoms with E-state index in [9.17, 15) is 13.6 Å². The Hall–Kier alpha value is -1.67. The van der Waals surface area contributed by atoms with E-state index in [1.54, 1.807) is 12.1 Å². The largest absolute Gasteiger partial charge is 0.465 e. The second kappa shape index (κ2) is 5.98. The van der Waals surface area contributed by atoms with E-state index in [0.717, 1.165) is 0 Å². The molecular weight excluding hydrogens is 308 g/mol. The predicted octanol–water partition coefficient (Wildman–Crippen LogP) is 2.51. The number of carboxylic acid groups (broad SMARTS) is 1. The number of rotatable bonds is 3. The van der Waals surface area contributed by atoms with Crippen molar-refractivity contribution < 1.29 is 23.4 Å². The van der Waals surface area contributed by atoms with Crippen molar-refractivity contribution in [1.29, 1.82) is 0 Å². The predicted molar refractivity (Wildman–Crippen MR) is 71.7 cm³/mol. The van der Waals surface area contributed by atoms with Gasteiger partial charge in [-0.1, -0.05) is 11.6 Å². The van der Waals surface area contributed by atoms with E-state index in [-0.39, 0.29) is 6.54 Å². The average molecular weight is 322 g/mol. The van der Waals surface area contributed by atoms with Crippen LogP contribution in [0.5, 0.6) is 0 Å². The van der Waals surface area contributed by atoms with E-state index in [0.29, 0.717) is 15.7 Å². The molecule has 1 aliphatic heterocycles. The van der Waals surface area contributed by atoms with E-state index in [4.69, 9.17) is 16.7 Å². The Morgan fingerprint density at radius 1 is 1.67 bits per heavy atom. The number of amides is 1. The highest BCUT2D eigenvalue weighted by molar-refractivity contribution is 6.30. The number of morpholine rings is 1. The first-order valence-electron chi connectivity index (χ1n) is 6.19. The summed E-state index contributed by atoms with van der Waals surface area (Å²) in [6, 6.07) is 2.47. The minimum atomic E-state index is -3.48. The van der Waals surface area contributed by atoms with Gasteiger partial charge in [-0.05, 0) is 19.1 Å². The first kappa shape index (κ1) is 15.7. The number of aromatic nitrogens is 1. The van der Waals surface area contributed by atoms with Gasteiger partial charge in [-0.15, -0.1) is 0 Å². The average Bonchev–Trinajstić information content (AvgIpc) is 2.38. The summed E-state index contributed by atoms with van der Waals surface area (Å²) in [4.78, 5) is 15.8. The number of hydrogen-bond donors (Lipinski definition) is 2. The fourth-order valence-electron chi connectivity index (χ4n) is 2.13. The van der Waals surface area contributed by atoms with Crippen LogP contribution < -0.4 is 5.32 Å². The number of alkyl halides is 2. The molecule has 2 heterocycles. The monoisotopic (exact) mass is 321 g/mol. The van der Waals surface area contributed by atoms with Gasteiger partial charge in [-0.2, -0.15) is 8.78 Å². The molecule has 9 heteroatoms. The number of ether oxygens (including phenoxy) is 1. The Morgan fingerprint density at radius 3 is 2.95 bits per heavy atom. The zero-order valence-electron chi connectivity index (χ0n) is 11.1. The standard InChI is InChI=1S/C12H14ClF2N3O3/c1-7-9(5-17-10-3-2-8(13)4-16-10)18(11(19)20)6-12(14,15)21-7/h2-4,7,9H,5-6H2,1H3,(H,16,17)(H,19,20)/t7-,9?/m0/s1. The van der Waals surface area contributed by atoms with Crippen molar-refractivity contribution in [3.8, 4) is 0 Å². The molecule has 2 rings (SSSR count). The van der Waals surface area contributed by atoms with Crippen LogP contribution in [0.4, 0.5) is 19.4 Å². The van der Waals surface area contributed by atoms with Crippen LogP contribution in [0.1, 0.15) is 6.92 Å². The summed E-state index contributed by atoms with van der Waals surface area (Å²) in [5.41, 5.74) is 0. The van der Waals surface area contributed by atoms with Crippen LogP contribution in [0, 0.1) is 0 Å². The molecule has 0 bridgehead atoms. The van der Waals surface area contributed by atoms with E-state index >= 15 is 0 Å². The van der Waals surface area contributed by atoms with Gasteiger partial charge in [-0.3, -0.25) is 4.90 Å². The number of anilines is 1. The van der Waals surface area contributed by atoms with E-state index in [2.05, 4.69) is 15.0 Å². The molecule has 1 unspecified atom stereocenters. The highest BCUT2D eigenvalue weighted by Gasteiger charge is 2.47. The molecule has 21 heavy (non-hydrogen) atoms. The van der Waals surface area contributed by atoms with Crippen LogP contribution >= 0.6 is 11.6 Å². The quantitative estimate of drug-likeness (QED) is 0.894. The molecule has 2 atom stereocenters. The molecule has 0 spiro atoms. The van der Waals surface area contributed by atoms with Crippen LogP contribution in [0.2, 0.25) is 5.02 Å². The zero-order chi connectivity index (χ0) is 15.6. The maximum Gasteiger partial charge on any atom is 0.407 e. The lowest BCUT2D eigenvalue weighted by molar-refractivity contribution is -0.299. The van der Waals surface area contributed by atoms with E-state index < -0.39 is 30.9 Å². The van der Waals surface area contributed by atoms with Crippen LogP contribution in [-0.4, -0.2) is 52.4 Å². The number of hydrogen-bond acceptors (Lipinski definition) is 4. The minimum absolute atomic E-state index is 0.0954. The first-order chi connectivity index (χ1) is 9.78. The summed E-state index contributed by atoms with van der Waals surface area (Å²) in [7, 11) is 0. The van der Waals surface area contributed by atoms with Gasteiger partial charge in [0.2, 0.25) is 0 Å². The van der Waals surface area contributed by atoms with Crippen molar-refractivity contribution in [3.05, 3.63) is 23.4 Å². The number of nitrogens with zero attached hydrogens (tertiary/aromatic N) is 2. The van der Waals surface area contributed by atoms with Gasteiger partial charge in [0.25, 0.3) is 0 Å². The van der Waals surface area contributed by atoms with Gasteiger partial charge in [0.15, 0.2) is 0 Å². The molecule has 1 fully saturated rings. The summed E-state index contributed by atoms with van der Waals surface area (Å²) in [6.07, 6.45) is -4.42. The van der Waals surface area contributed by atoms with Crippen LogP contribution in [0.3, 0.4) is 0 Å². The second-order valence-electron chi connectivity index (χ2n) is 4.68. The van der Waals surface area contributed by atoms with Crippen molar-refractivity contribution in [3.63, 3.8) is 0 Å². The zero-order valence-corrected chi connectivity index (χ0v) is 11.8. The van der Waals surface area contributed by atoms with Gasteiger partial charge in [0.05, 0.1) is 17.2 Å². The molecule has 1 aromatic rings. The van der Waals surface area contributed by atoms with Crippen molar-refractivity contribution in [2.75, 3.05) is 18.4 Å². The van der Waals surface area contributed by atoms with Gasteiger partial charge in [0.1, 0.15) is 12.4 Å². The van der Waals surface area contributed by atoms with Crippen LogP contribution in [-0.2, 0) is 4.74 Å². The third-order valence-electron chi connectivity index (χ3n) is 3.12. The van der Waals surface area contributed by atoms with Crippen molar-refractivity contribution in [1.82, 2.24) is 9.88 Å². The third-order valence-corrected chi connectivity index (χ3v) is 3.34. The number of halogens is 3. The molecule has 0 saturated carbocycles. The highest BCUT2D eigenvalue weighted by atomic mass is 35.5. The van der Waals surface area contributed by atoms with Gasteiger partial charge in [-0.25, -0.2) is 9.78 Å². The topological polar surface area (TPSA) is 74.7 Å². The molecule has 2 N–H and O–H groups in total. The fourth-order valence-corrected chi connectivity index (χ4v) is 2.24. The molecular formula is C12H14ClF2N3O3. The lowest BCUT2D eigenvalue weighted by Gasteiger charge is -2.41. The molecule has 1 aromatic heterocycles. The number of pyridine rings is 1. The minimum Gasteiger partial charge on any atom is -0.465 e. The van der Waals surface area contributed by atoms with Gasteiger partial charge < -0.3 is 15.2 Å². The summed E-state index contributed by atoms with van der Waals surface area (Å²) < 4.78 is 31.1. The summed E-state index contributed by atoms with van der Waals surface area (Å²) in [6.45, 7) is 0.510. The van der Waals surface area contributed by atoms with E-state index in [1.807, 2.05) is 0 Å². The molecule has 1 amide bonds. The smallest absolute Gasteiger partial charge is 0.407 e. The Balaban J connectivity index is 2.05. The molecule has 1 saturated heterocycles. The van der Waals surface area contributed by atoms with Crippen molar-refractivity contribution in [2.45, 2.75) is 25.2 Å². The lowest BCUT2D eigenvalue weighted by Crippen LogP contribution is -2.60. The molecule has 116 valence electrons. The Bertz CT molecular complexity index is 515. The van der Waals surface area contributed by atoms with Gasteiger partial charge >= 0.3 is 12.2 Å². The lowest BCUT2D eigenvalue weighted by atomic mass is 10.1. The summed E-state index contributed by atoms with van der Waals surface area (Å²) >= 11 is 5.70. The third kappa shape index (κ3) is 3.92. The van der Waals surface area contributed by atoms with Crippen LogP contribution in [0.15, 0.2) is 18.3 Å². The second-order valence-corrected chi connectivity index (χ2v) is 5.12.